The summed E-state index contributed by atoms with van der Waals surface area (Å²) in [6.45, 7) is 2.29. The first-order chi connectivity index (χ1) is 9.56. The summed E-state index contributed by atoms with van der Waals surface area (Å²) in [7, 11) is 0. The average molecular weight is 277 g/mol. The minimum atomic E-state index is -0.478. The van der Waals surface area contributed by atoms with Gasteiger partial charge in [-0.05, 0) is 43.7 Å². The van der Waals surface area contributed by atoms with Crippen LogP contribution in [0.5, 0.6) is 0 Å². The fourth-order valence-corrected chi connectivity index (χ4v) is 2.44. The number of carbonyl (C=O) groups is 1. The zero-order valence-electron chi connectivity index (χ0n) is 11.6. The lowest BCUT2D eigenvalue weighted by atomic mass is 9.89. The lowest BCUT2D eigenvalue weighted by Gasteiger charge is -2.25. The highest BCUT2D eigenvalue weighted by atomic mass is 16.6. The molecule has 5 nitrogen and oxygen atoms in total. The topological polar surface area (TPSA) is 69.4 Å². The molecular weight excluding hydrogens is 258 g/mol. The number of nitro benzene ring substituents is 1. The molecule has 1 fully saturated rings. The van der Waals surface area contributed by atoms with Gasteiger partial charge in [-0.2, -0.15) is 0 Å². The Morgan fingerprint density at radius 3 is 2.40 bits per heavy atom. The van der Waals surface area contributed by atoms with Crippen molar-refractivity contribution >= 4 is 11.5 Å². The van der Waals surface area contributed by atoms with E-state index < -0.39 is 4.92 Å². The van der Waals surface area contributed by atoms with Gasteiger partial charge in [-0.25, -0.2) is 0 Å². The number of ketones is 1. The zero-order chi connectivity index (χ0) is 14.5. The fourth-order valence-electron chi connectivity index (χ4n) is 2.44. The predicted molar refractivity (Wildman–Crippen MR) is 74.8 cm³/mol. The lowest BCUT2D eigenvalue weighted by Crippen LogP contribution is -2.23. The molecule has 1 aromatic rings. The second kappa shape index (κ2) is 6.61. The molecule has 5 heteroatoms. The molecule has 0 heterocycles. The third kappa shape index (κ3) is 3.87. The normalized spacial score (nSPS) is 22.4. The monoisotopic (exact) mass is 277 g/mol. The minimum Gasteiger partial charge on any atom is -0.370 e. The Bertz CT molecular complexity index is 475. The third-order valence-electron chi connectivity index (χ3n) is 3.81. The molecule has 108 valence electrons. The van der Waals surface area contributed by atoms with Crippen LogP contribution in [0.25, 0.3) is 0 Å². The average Bonchev–Trinajstić information content (AvgIpc) is 2.46. The Labute approximate surface area is 118 Å². The maximum Gasteiger partial charge on any atom is 0.269 e. The molecule has 0 N–H and O–H groups in total. The van der Waals surface area contributed by atoms with Crippen LogP contribution in [-0.4, -0.2) is 23.4 Å². The van der Waals surface area contributed by atoms with Gasteiger partial charge >= 0.3 is 0 Å². The first-order valence-electron chi connectivity index (χ1n) is 6.95. The first kappa shape index (κ1) is 14.7. The number of rotatable bonds is 5. The summed E-state index contributed by atoms with van der Waals surface area (Å²) in [5, 5.41) is 10.5. The van der Waals surface area contributed by atoms with Crippen LogP contribution in [0.15, 0.2) is 24.3 Å². The van der Waals surface area contributed by atoms with Crippen LogP contribution in [0.4, 0.5) is 5.69 Å². The number of hydrogen-bond acceptors (Lipinski definition) is 4. The van der Waals surface area contributed by atoms with Crippen molar-refractivity contribution in [3.63, 3.8) is 0 Å². The molecule has 0 aromatic heterocycles. The maximum atomic E-state index is 11.9. The van der Waals surface area contributed by atoms with Crippen molar-refractivity contribution in [3.05, 3.63) is 39.9 Å². The van der Waals surface area contributed by atoms with Crippen molar-refractivity contribution < 1.29 is 14.5 Å². The standard InChI is InChI=1S/C15H19NO4/c1-11-2-8-14(9-3-11)20-10-15(17)12-4-6-13(7-5-12)16(18)19/h4-7,11,14H,2-3,8-10H2,1H3. The molecule has 1 aromatic carbocycles. The van der Waals surface area contributed by atoms with E-state index >= 15 is 0 Å². The quantitative estimate of drug-likeness (QED) is 0.470. The molecule has 2 rings (SSSR count). The summed E-state index contributed by atoms with van der Waals surface area (Å²) in [5.74, 6) is 0.624. The number of benzene rings is 1. The summed E-state index contributed by atoms with van der Waals surface area (Å²) < 4.78 is 5.64. The van der Waals surface area contributed by atoms with Gasteiger partial charge in [0.05, 0.1) is 11.0 Å². The van der Waals surface area contributed by atoms with E-state index in [0.29, 0.717) is 5.56 Å². The molecule has 0 saturated heterocycles. The van der Waals surface area contributed by atoms with Gasteiger partial charge in [0.25, 0.3) is 5.69 Å². The van der Waals surface area contributed by atoms with E-state index in [1.807, 2.05) is 0 Å². The van der Waals surface area contributed by atoms with Gasteiger partial charge in [-0.3, -0.25) is 14.9 Å². The minimum absolute atomic E-state index is 0.0104. The number of ether oxygens (including phenoxy) is 1. The summed E-state index contributed by atoms with van der Waals surface area (Å²) in [5.41, 5.74) is 0.448. The van der Waals surface area contributed by atoms with E-state index in [1.54, 1.807) is 0 Å². The number of hydrogen-bond donors (Lipinski definition) is 0. The van der Waals surface area contributed by atoms with Gasteiger partial charge in [-0.1, -0.05) is 6.92 Å². The highest BCUT2D eigenvalue weighted by molar-refractivity contribution is 5.97. The van der Waals surface area contributed by atoms with Crippen LogP contribution in [0.2, 0.25) is 0 Å². The number of nitro groups is 1. The second-order valence-corrected chi connectivity index (χ2v) is 5.42. The van der Waals surface area contributed by atoms with E-state index in [-0.39, 0.29) is 24.2 Å². The fraction of sp³-hybridized carbons (Fsp3) is 0.533. The Morgan fingerprint density at radius 2 is 1.85 bits per heavy atom. The highest BCUT2D eigenvalue weighted by Gasteiger charge is 2.20. The summed E-state index contributed by atoms with van der Waals surface area (Å²) in [6.07, 6.45) is 4.49. The van der Waals surface area contributed by atoms with Crippen molar-refractivity contribution in [2.45, 2.75) is 38.7 Å². The Kier molecular flexibility index (Phi) is 4.84. The summed E-state index contributed by atoms with van der Waals surface area (Å²) in [6, 6.07) is 5.64. The molecule has 0 unspecified atom stereocenters. The van der Waals surface area contributed by atoms with Crippen LogP contribution in [0.1, 0.15) is 43.0 Å². The molecular formula is C15H19NO4. The zero-order valence-corrected chi connectivity index (χ0v) is 11.6. The van der Waals surface area contributed by atoms with Gasteiger partial charge in [0, 0.05) is 17.7 Å². The van der Waals surface area contributed by atoms with Gasteiger partial charge in [0.1, 0.15) is 6.61 Å². The molecule has 0 bridgehead atoms. The van der Waals surface area contributed by atoms with Gasteiger partial charge in [0.2, 0.25) is 0 Å². The third-order valence-corrected chi connectivity index (χ3v) is 3.81. The van der Waals surface area contributed by atoms with Crippen LogP contribution in [0.3, 0.4) is 0 Å². The van der Waals surface area contributed by atoms with Crippen LogP contribution in [-0.2, 0) is 4.74 Å². The van der Waals surface area contributed by atoms with Crippen LogP contribution < -0.4 is 0 Å². The first-order valence-corrected chi connectivity index (χ1v) is 6.95. The smallest absolute Gasteiger partial charge is 0.269 e. The SMILES string of the molecule is CC1CCC(OCC(=O)c2ccc([N+](=O)[O-])cc2)CC1. The number of nitrogens with zero attached hydrogens (tertiary/aromatic N) is 1. The largest absolute Gasteiger partial charge is 0.370 e. The molecule has 0 amide bonds. The van der Waals surface area contributed by atoms with Crippen LogP contribution >= 0.6 is 0 Å². The molecule has 0 atom stereocenters. The van der Waals surface area contributed by atoms with E-state index in [2.05, 4.69) is 6.92 Å². The van der Waals surface area contributed by atoms with Crippen molar-refractivity contribution in [2.75, 3.05) is 6.61 Å². The molecule has 1 aliphatic rings. The number of Topliss-reactive ketones (excluding diaryl/α,β-unsaturated/α-hetero) is 1. The summed E-state index contributed by atoms with van der Waals surface area (Å²) >= 11 is 0. The van der Waals surface area contributed by atoms with Crippen LogP contribution in [0, 0.1) is 16.0 Å². The van der Waals surface area contributed by atoms with Crippen molar-refractivity contribution in [3.8, 4) is 0 Å². The Hall–Kier alpha value is -1.75. The van der Waals surface area contributed by atoms with E-state index in [9.17, 15) is 14.9 Å². The molecule has 20 heavy (non-hydrogen) atoms. The van der Waals surface area contributed by atoms with Crippen molar-refractivity contribution in [1.29, 1.82) is 0 Å². The Morgan fingerprint density at radius 1 is 1.25 bits per heavy atom. The lowest BCUT2D eigenvalue weighted by molar-refractivity contribution is -0.384. The van der Waals surface area contributed by atoms with Gasteiger partial charge in [-0.15, -0.1) is 0 Å². The molecule has 0 aliphatic heterocycles. The Balaban J connectivity index is 1.84. The maximum absolute atomic E-state index is 11.9. The van der Waals surface area contributed by atoms with Gasteiger partial charge < -0.3 is 4.74 Å². The number of non-ortho nitro benzene ring substituents is 1. The molecule has 1 saturated carbocycles. The molecule has 1 aliphatic carbocycles. The van der Waals surface area contributed by atoms with E-state index in [1.165, 1.54) is 24.3 Å². The second-order valence-electron chi connectivity index (χ2n) is 5.42. The van der Waals surface area contributed by atoms with Crippen molar-refractivity contribution in [1.82, 2.24) is 0 Å². The molecule has 0 spiro atoms. The molecule has 0 radical (unpaired) electrons. The van der Waals surface area contributed by atoms with E-state index in [0.717, 1.165) is 31.6 Å². The van der Waals surface area contributed by atoms with E-state index in [4.69, 9.17) is 4.74 Å². The van der Waals surface area contributed by atoms with Crippen molar-refractivity contribution in [2.24, 2.45) is 5.92 Å². The summed E-state index contributed by atoms with van der Waals surface area (Å²) in [4.78, 5) is 22.0. The highest BCUT2D eigenvalue weighted by Crippen LogP contribution is 2.25. The number of carbonyl (C=O) groups excluding carboxylic acids is 1. The van der Waals surface area contributed by atoms with Gasteiger partial charge in [0.15, 0.2) is 5.78 Å². The predicted octanol–water partition coefficient (Wildman–Crippen LogP) is 3.37.